The van der Waals surface area contributed by atoms with E-state index in [1.165, 1.54) is 10.9 Å². The van der Waals surface area contributed by atoms with Crippen molar-refractivity contribution in [1.82, 2.24) is 14.5 Å². The molecule has 3 rings (SSSR count). The van der Waals surface area contributed by atoms with Gasteiger partial charge in [-0.05, 0) is 37.8 Å². The third-order valence-electron chi connectivity index (χ3n) is 4.67. The molecule has 1 amide bonds. The normalized spacial score (nSPS) is 17.4. The van der Waals surface area contributed by atoms with Gasteiger partial charge in [0.15, 0.2) is 0 Å². The van der Waals surface area contributed by atoms with Gasteiger partial charge in [-0.25, -0.2) is 4.98 Å². The highest BCUT2D eigenvalue weighted by atomic mass is 16.2. The first kappa shape index (κ1) is 15.7. The Labute approximate surface area is 134 Å². The van der Waals surface area contributed by atoms with E-state index in [1.807, 2.05) is 17.9 Å². The van der Waals surface area contributed by atoms with Crippen LogP contribution in [0.2, 0.25) is 0 Å². The van der Waals surface area contributed by atoms with Crippen LogP contribution < -0.4 is 11.3 Å². The lowest BCUT2D eigenvalue weighted by atomic mass is 9.91. The molecule has 0 radical (unpaired) electrons. The molecule has 1 atom stereocenters. The first-order valence-corrected chi connectivity index (χ1v) is 8.04. The summed E-state index contributed by atoms with van der Waals surface area (Å²) in [5.74, 6) is 0.441. The predicted octanol–water partition coefficient (Wildman–Crippen LogP) is 0.982. The zero-order valence-corrected chi connectivity index (χ0v) is 13.3. The fourth-order valence-corrected chi connectivity index (χ4v) is 3.14. The summed E-state index contributed by atoms with van der Waals surface area (Å²) >= 11 is 0. The van der Waals surface area contributed by atoms with Crippen molar-refractivity contribution in [2.75, 3.05) is 13.1 Å². The van der Waals surface area contributed by atoms with Gasteiger partial charge in [0.1, 0.15) is 6.54 Å². The fourth-order valence-electron chi connectivity index (χ4n) is 3.14. The molecule has 0 saturated carbocycles. The number of piperidine rings is 1. The minimum Gasteiger partial charge on any atom is -0.341 e. The molecule has 6 nitrogen and oxygen atoms in total. The van der Waals surface area contributed by atoms with Crippen LogP contribution >= 0.6 is 0 Å². The van der Waals surface area contributed by atoms with E-state index in [0.29, 0.717) is 29.9 Å². The second-order valence-electron chi connectivity index (χ2n) is 6.27. The van der Waals surface area contributed by atoms with Gasteiger partial charge in [0.05, 0.1) is 17.2 Å². The largest absolute Gasteiger partial charge is 0.341 e. The summed E-state index contributed by atoms with van der Waals surface area (Å²) in [6.07, 6.45) is 3.31. The maximum atomic E-state index is 12.4. The molecular formula is C17H22N4O2. The van der Waals surface area contributed by atoms with Crippen LogP contribution in [0.5, 0.6) is 0 Å². The lowest BCUT2D eigenvalue weighted by molar-refractivity contribution is -0.133. The van der Waals surface area contributed by atoms with Crippen LogP contribution in [-0.2, 0) is 11.3 Å². The average molecular weight is 314 g/mol. The van der Waals surface area contributed by atoms with Crippen LogP contribution in [0.3, 0.4) is 0 Å². The monoisotopic (exact) mass is 314 g/mol. The summed E-state index contributed by atoms with van der Waals surface area (Å²) < 4.78 is 1.39. The molecule has 1 fully saturated rings. The summed E-state index contributed by atoms with van der Waals surface area (Å²) in [7, 11) is 0. The van der Waals surface area contributed by atoms with Gasteiger partial charge in [-0.15, -0.1) is 0 Å². The number of nitrogens with two attached hydrogens (primary N) is 1. The number of fused-ring (bicyclic) bond motifs is 1. The number of carbonyl (C=O) groups is 1. The summed E-state index contributed by atoms with van der Waals surface area (Å²) in [4.78, 5) is 30.9. The Bertz CT molecular complexity index is 761. The number of aromatic nitrogens is 2. The maximum absolute atomic E-state index is 12.4. The molecular weight excluding hydrogens is 292 g/mol. The molecule has 1 aromatic heterocycles. The summed E-state index contributed by atoms with van der Waals surface area (Å²) in [6.45, 7) is 3.48. The van der Waals surface area contributed by atoms with Gasteiger partial charge in [0, 0.05) is 19.1 Å². The van der Waals surface area contributed by atoms with E-state index in [-0.39, 0.29) is 24.1 Å². The van der Waals surface area contributed by atoms with Crippen molar-refractivity contribution in [2.45, 2.75) is 32.4 Å². The first-order chi connectivity index (χ1) is 11.1. The van der Waals surface area contributed by atoms with E-state index in [9.17, 15) is 9.59 Å². The van der Waals surface area contributed by atoms with Gasteiger partial charge in [-0.1, -0.05) is 12.1 Å². The third kappa shape index (κ3) is 3.27. The summed E-state index contributed by atoms with van der Waals surface area (Å²) in [5, 5.41) is 0.540. The number of amides is 1. The average Bonchev–Trinajstić information content (AvgIpc) is 2.57. The molecule has 1 aliphatic heterocycles. The van der Waals surface area contributed by atoms with E-state index in [2.05, 4.69) is 4.98 Å². The Morgan fingerprint density at radius 1 is 1.35 bits per heavy atom. The van der Waals surface area contributed by atoms with Crippen molar-refractivity contribution in [2.24, 2.45) is 11.7 Å². The smallest absolute Gasteiger partial charge is 0.261 e. The van der Waals surface area contributed by atoms with Crippen LogP contribution in [0.4, 0.5) is 0 Å². The van der Waals surface area contributed by atoms with Gasteiger partial charge >= 0.3 is 0 Å². The number of benzene rings is 1. The summed E-state index contributed by atoms with van der Waals surface area (Å²) in [5.41, 5.74) is 6.41. The molecule has 1 unspecified atom stereocenters. The topological polar surface area (TPSA) is 81.2 Å². The van der Waals surface area contributed by atoms with Gasteiger partial charge < -0.3 is 10.6 Å². The van der Waals surface area contributed by atoms with E-state index < -0.39 is 0 Å². The third-order valence-corrected chi connectivity index (χ3v) is 4.67. The number of hydrogen-bond donors (Lipinski definition) is 1. The minimum atomic E-state index is -0.172. The minimum absolute atomic E-state index is 0.0349. The molecule has 0 aliphatic carbocycles. The van der Waals surface area contributed by atoms with E-state index in [4.69, 9.17) is 5.73 Å². The van der Waals surface area contributed by atoms with E-state index in [1.54, 1.807) is 18.2 Å². The number of para-hydroxylation sites is 1. The first-order valence-electron chi connectivity index (χ1n) is 8.04. The number of carbonyl (C=O) groups excluding carboxylic acids is 1. The zero-order chi connectivity index (χ0) is 16.4. The predicted molar refractivity (Wildman–Crippen MR) is 89.0 cm³/mol. The fraction of sp³-hybridized carbons (Fsp3) is 0.471. The molecule has 2 heterocycles. The Kier molecular flexibility index (Phi) is 4.43. The van der Waals surface area contributed by atoms with Crippen LogP contribution in [-0.4, -0.2) is 39.5 Å². The van der Waals surface area contributed by atoms with Crippen molar-refractivity contribution < 1.29 is 4.79 Å². The molecule has 1 aromatic carbocycles. The van der Waals surface area contributed by atoms with Crippen molar-refractivity contribution in [3.05, 3.63) is 40.9 Å². The van der Waals surface area contributed by atoms with Crippen molar-refractivity contribution in [3.63, 3.8) is 0 Å². The lowest BCUT2D eigenvalue weighted by Crippen LogP contribution is -2.44. The van der Waals surface area contributed by atoms with Crippen LogP contribution in [0.15, 0.2) is 35.4 Å². The second-order valence-corrected chi connectivity index (χ2v) is 6.27. The Morgan fingerprint density at radius 2 is 2.04 bits per heavy atom. The van der Waals surface area contributed by atoms with Crippen LogP contribution in [0.25, 0.3) is 10.9 Å². The molecule has 6 heteroatoms. The molecule has 2 N–H and O–H groups in total. The number of rotatable bonds is 3. The van der Waals surface area contributed by atoms with Gasteiger partial charge in [0.25, 0.3) is 5.56 Å². The van der Waals surface area contributed by atoms with Gasteiger partial charge in [-0.3, -0.25) is 14.2 Å². The van der Waals surface area contributed by atoms with Crippen LogP contribution in [0, 0.1) is 5.92 Å². The van der Waals surface area contributed by atoms with Gasteiger partial charge in [-0.2, -0.15) is 0 Å². The van der Waals surface area contributed by atoms with E-state index >= 15 is 0 Å². The zero-order valence-electron chi connectivity index (χ0n) is 13.3. The Hall–Kier alpha value is -2.21. The highest BCUT2D eigenvalue weighted by Crippen LogP contribution is 2.19. The molecule has 0 spiro atoms. The van der Waals surface area contributed by atoms with Crippen molar-refractivity contribution >= 4 is 16.8 Å². The lowest BCUT2D eigenvalue weighted by Gasteiger charge is -2.33. The van der Waals surface area contributed by atoms with E-state index in [0.717, 1.165) is 12.8 Å². The van der Waals surface area contributed by atoms with Crippen molar-refractivity contribution in [1.29, 1.82) is 0 Å². The number of likely N-dealkylation sites (tertiary alicyclic amines) is 1. The standard InChI is InChI=1S/C17H22N4O2/c1-12(18)13-6-8-20(9-7-13)16(22)10-21-11-19-15-5-3-2-4-14(15)17(21)23/h2-5,11-13H,6-10,18H2,1H3. The molecule has 23 heavy (non-hydrogen) atoms. The molecule has 122 valence electrons. The highest BCUT2D eigenvalue weighted by molar-refractivity contribution is 5.79. The van der Waals surface area contributed by atoms with Crippen LogP contribution in [0.1, 0.15) is 19.8 Å². The summed E-state index contributed by atoms with van der Waals surface area (Å²) in [6, 6.07) is 7.34. The Balaban J connectivity index is 1.71. The Morgan fingerprint density at radius 3 is 2.74 bits per heavy atom. The molecule has 1 saturated heterocycles. The van der Waals surface area contributed by atoms with Gasteiger partial charge in [0.2, 0.25) is 5.91 Å². The second kappa shape index (κ2) is 6.50. The SMILES string of the molecule is CC(N)C1CCN(C(=O)Cn2cnc3ccccc3c2=O)CC1. The highest BCUT2D eigenvalue weighted by Gasteiger charge is 2.25. The maximum Gasteiger partial charge on any atom is 0.261 e. The molecule has 2 aromatic rings. The molecule has 1 aliphatic rings. The quantitative estimate of drug-likeness (QED) is 0.916. The number of hydrogen-bond acceptors (Lipinski definition) is 4. The van der Waals surface area contributed by atoms with Crippen molar-refractivity contribution in [3.8, 4) is 0 Å². The molecule has 0 bridgehead atoms. The number of nitrogens with zero attached hydrogens (tertiary/aromatic N) is 3.